The molecule has 0 spiro atoms. The third-order valence-corrected chi connectivity index (χ3v) is 4.56. The number of piperazine rings is 1. The molecule has 1 saturated heterocycles. The van der Waals surface area contributed by atoms with E-state index in [1.165, 1.54) is 0 Å². The van der Waals surface area contributed by atoms with Crippen LogP contribution in [0, 0.1) is 6.92 Å². The largest absolute Gasteiger partial charge is 0.492 e. The summed E-state index contributed by atoms with van der Waals surface area (Å²) in [6.45, 7) is 12.9. The fourth-order valence-electron chi connectivity index (χ4n) is 3.10. The van der Waals surface area contributed by atoms with E-state index in [0.29, 0.717) is 26.3 Å². The molecule has 3 rings (SSSR count). The van der Waals surface area contributed by atoms with Gasteiger partial charge in [0.25, 0.3) is 0 Å². The van der Waals surface area contributed by atoms with Crippen molar-refractivity contribution >= 4 is 6.09 Å². The quantitative estimate of drug-likeness (QED) is 0.819. The molecule has 1 aliphatic heterocycles. The normalized spacial score (nSPS) is 14.2. The molecule has 1 amide bonds. The Bertz CT molecular complexity index is 710. The Kier molecular flexibility index (Phi) is 8.81. The van der Waals surface area contributed by atoms with Crippen LogP contribution in [0.25, 0.3) is 11.3 Å². The van der Waals surface area contributed by atoms with Gasteiger partial charge in [0.1, 0.15) is 12.4 Å². The summed E-state index contributed by atoms with van der Waals surface area (Å²) >= 11 is 0. The molecule has 0 bridgehead atoms. The number of aromatic nitrogens is 2. The Labute approximate surface area is 167 Å². The van der Waals surface area contributed by atoms with Crippen LogP contribution < -0.4 is 4.74 Å². The van der Waals surface area contributed by atoms with Gasteiger partial charge in [-0.15, -0.1) is 0 Å². The lowest BCUT2D eigenvalue weighted by Gasteiger charge is -2.33. The minimum atomic E-state index is -0.212. The number of rotatable bonds is 6. The SMILES string of the molecule is CC.CCOC(=O)N1CCN(CCOc2ccc(-c3ccn[nH]3)c(C)c2)CC1. The first kappa shape index (κ1) is 21.8. The molecular weight excluding hydrogens is 356 g/mol. The highest BCUT2D eigenvalue weighted by atomic mass is 16.6. The molecule has 1 N–H and O–H groups in total. The second kappa shape index (κ2) is 11.3. The fourth-order valence-corrected chi connectivity index (χ4v) is 3.10. The van der Waals surface area contributed by atoms with Crippen molar-refractivity contribution in [1.29, 1.82) is 0 Å². The second-order valence-corrected chi connectivity index (χ2v) is 6.32. The predicted octanol–water partition coefficient (Wildman–Crippen LogP) is 3.56. The molecule has 0 radical (unpaired) electrons. The van der Waals surface area contributed by atoms with Gasteiger partial charge < -0.3 is 14.4 Å². The highest BCUT2D eigenvalue weighted by Crippen LogP contribution is 2.25. The number of amides is 1. The average molecular weight is 389 g/mol. The Morgan fingerprint density at radius 3 is 2.54 bits per heavy atom. The number of nitrogens with zero attached hydrogens (tertiary/aromatic N) is 3. The summed E-state index contributed by atoms with van der Waals surface area (Å²) < 4.78 is 10.9. The number of ether oxygens (including phenoxy) is 2. The highest BCUT2D eigenvalue weighted by Gasteiger charge is 2.21. The molecular formula is C21H32N4O3. The number of benzene rings is 1. The summed E-state index contributed by atoms with van der Waals surface area (Å²) in [4.78, 5) is 15.8. The van der Waals surface area contributed by atoms with E-state index in [1.807, 2.05) is 32.9 Å². The van der Waals surface area contributed by atoms with Crippen LogP contribution in [0.5, 0.6) is 5.75 Å². The van der Waals surface area contributed by atoms with Crippen molar-refractivity contribution in [2.24, 2.45) is 0 Å². The molecule has 1 aliphatic rings. The molecule has 0 unspecified atom stereocenters. The maximum atomic E-state index is 11.7. The fraction of sp³-hybridized carbons (Fsp3) is 0.524. The van der Waals surface area contributed by atoms with E-state index in [-0.39, 0.29) is 6.09 Å². The standard InChI is InChI=1S/C19H26N4O3.C2H6/c1-3-25-19(24)23-10-8-22(9-11-23)12-13-26-16-4-5-17(15(2)14-16)18-6-7-20-21-18;1-2/h4-7,14H,3,8-13H2,1-2H3,(H,20,21);1-2H3. The predicted molar refractivity (Wildman–Crippen MR) is 111 cm³/mol. The van der Waals surface area contributed by atoms with Crippen LogP contribution in [0.3, 0.4) is 0 Å². The lowest BCUT2D eigenvalue weighted by molar-refractivity contribution is 0.0757. The first-order valence-electron chi connectivity index (χ1n) is 10.0. The van der Waals surface area contributed by atoms with Crippen LogP contribution in [-0.4, -0.2) is 72.0 Å². The van der Waals surface area contributed by atoms with E-state index in [9.17, 15) is 4.79 Å². The zero-order valence-electron chi connectivity index (χ0n) is 17.4. The number of carbonyl (C=O) groups excluding carboxylic acids is 1. The maximum Gasteiger partial charge on any atom is 0.409 e. The van der Waals surface area contributed by atoms with Crippen LogP contribution in [0.4, 0.5) is 4.79 Å². The van der Waals surface area contributed by atoms with E-state index >= 15 is 0 Å². The molecule has 28 heavy (non-hydrogen) atoms. The molecule has 2 aromatic rings. The Morgan fingerprint density at radius 2 is 1.93 bits per heavy atom. The summed E-state index contributed by atoms with van der Waals surface area (Å²) in [6.07, 6.45) is 1.54. The first-order chi connectivity index (χ1) is 13.7. The van der Waals surface area contributed by atoms with E-state index in [1.54, 1.807) is 11.1 Å². The van der Waals surface area contributed by atoms with Crippen LogP contribution in [-0.2, 0) is 4.74 Å². The topological polar surface area (TPSA) is 70.7 Å². The van der Waals surface area contributed by atoms with Gasteiger partial charge in [0.15, 0.2) is 0 Å². The summed E-state index contributed by atoms with van der Waals surface area (Å²) in [7, 11) is 0. The van der Waals surface area contributed by atoms with Crippen molar-refractivity contribution in [1.82, 2.24) is 20.0 Å². The molecule has 0 atom stereocenters. The summed E-state index contributed by atoms with van der Waals surface area (Å²) in [6, 6.07) is 8.05. The zero-order valence-corrected chi connectivity index (χ0v) is 17.4. The number of aromatic amines is 1. The van der Waals surface area contributed by atoms with E-state index < -0.39 is 0 Å². The van der Waals surface area contributed by atoms with Crippen LogP contribution in [0.1, 0.15) is 26.3 Å². The lowest BCUT2D eigenvalue weighted by Crippen LogP contribution is -2.49. The van der Waals surface area contributed by atoms with Crippen LogP contribution >= 0.6 is 0 Å². The number of aryl methyl sites for hydroxylation is 1. The smallest absolute Gasteiger partial charge is 0.409 e. The van der Waals surface area contributed by atoms with Crippen LogP contribution in [0.15, 0.2) is 30.5 Å². The molecule has 1 aromatic carbocycles. The summed E-state index contributed by atoms with van der Waals surface area (Å²) in [5.41, 5.74) is 3.29. The van der Waals surface area contributed by atoms with Crippen molar-refractivity contribution in [3.8, 4) is 17.0 Å². The van der Waals surface area contributed by atoms with Gasteiger partial charge in [0.05, 0.1) is 12.3 Å². The number of nitrogens with one attached hydrogen (secondary N) is 1. The van der Waals surface area contributed by atoms with Crippen molar-refractivity contribution in [2.75, 3.05) is 45.9 Å². The Balaban J connectivity index is 0.00000136. The molecule has 0 saturated carbocycles. The van der Waals surface area contributed by atoms with E-state index in [2.05, 4.69) is 34.2 Å². The average Bonchev–Trinajstić information content (AvgIpc) is 3.25. The van der Waals surface area contributed by atoms with Gasteiger partial charge in [-0.25, -0.2) is 4.79 Å². The van der Waals surface area contributed by atoms with Gasteiger partial charge in [0, 0.05) is 44.5 Å². The maximum absolute atomic E-state index is 11.7. The molecule has 7 heteroatoms. The molecule has 154 valence electrons. The highest BCUT2D eigenvalue weighted by molar-refractivity contribution is 5.67. The zero-order chi connectivity index (χ0) is 20.4. The van der Waals surface area contributed by atoms with Gasteiger partial charge >= 0.3 is 6.09 Å². The van der Waals surface area contributed by atoms with E-state index in [4.69, 9.17) is 9.47 Å². The number of carbonyl (C=O) groups is 1. The number of hydrogen-bond donors (Lipinski definition) is 1. The van der Waals surface area contributed by atoms with Crippen LogP contribution in [0.2, 0.25) is 0 Å². The Hall–Kier alpha value is -2.54. The minimum Gasteiger partial charge on any atom is -0.492 e. The van der Waals surface area contributed by atoms with Gasteiger partial charge in [-0.05, 0) is 43.7 Å². The molecule has 0 aliphatic carbocycles. The molecule has 1 aromatic heterocycles. The van der Waals surface area contributed by atoms with Gasteiger partial charge in [-0.2, -0.15) is 5.10 Å². The monoisotopic (exact) mass is 388 g/mol. The molecule has 2 heterocycles. The number of hydrogen-bond acceptors (Lipinski definition) is 5. The van der Waals surface area contributed by atoms with Gasteiger partial charge in [-0.1, -0.05) is 13.8 Å². The summed E-state index contributed by atoms with van der Waals surface area (Å²) in [5, 5.41) is 6.98. The first-order valence-corrected chi connectivity index (χ1v) is 10.0. The molecule has 7 nitrogen and oxygen atoms in total. The molecule has 1 fully saturated rings. The van der Waals surface area contributed by atoms with Crippen molar-refractivity contribution in [2.45, 2.75) is 27.7 Å². The van der Waals surface area contributed by atoms with Crippen molar-refractivity contribution in [3.05, 3.63) is 36.0 Å². The van der Waals surface area contributed by atoms with Gasteiger partial charge in [-0.3, -0.25) is 10.00 Å². The van der Waals surface area contributed by atoms with Crippen molar-refractivity contribution < 1.29 is 14.3 Å². The summed E-state index contributed by atoms with van der Waals surface area (Å²) in [5.74, 6) is 0.871. The minimum absolute atomic E-state index is 0.212. The van der Waals surface area contributed by atoms with E-state index in [0.717, 1.165) is 42.2 Å². The number of H-pyrrole nitrogens is 1. The van der Waals surface area contributed by atoms with Crippen molar-refractivity contribution in [3.63, 3.8) is 0 Å². The second-order valence-electron chi connectivity index (χ2n) is 6.32. The third-order valence-electron chi connectivity index (χ3n) is 4.56. The third kappa shape index (κ3) is 5.99. The lowest BCUT2D eigenvalue weighted by atomic mass is 10.1. The Morgan fingerprint density at radius 1 is 1.18 bits per heavy atom. The van der Waals surface area contributed by atoms with Gasteiger partial charge in [0.2, 0.25) is 0 Å².